The van der Waals surface area contributed by atoms with Gasteiger partial charge in [0.25, 0.3) is 11.8 Å². The average Bonchev–Trinajstić information content (AvgIpc) is 2.70. The molecule has 2 aliphatic heterocycles. The van der Waals surface area contributed by atoms with Gasteiger partial charge in [-0.15, -0.1) is 0 Å². The molecule has 0 aromatic heterocycles. The molecule has 0 aliphatic carbocycles. The number of halogens is 2. The van der Waals surface area contributed by atoms with Gasteiger partial charge in [0, 0.05) is 13.1 Å². The number of rotatable bonds is 2. The molecule has 1 fully saturated rings. The lowest BCUT2D eigenvalue weighted by atomic mass is 10.2. The predicted octanol–water partition coefficient (Wildman–Crippen LogP) is 3.03. The van der Waals surface area contributed by atoms with Crippen molar-refractivity contribution in [3.63, 3.8) is 0 Å². The summed E-state index contributed by atoms with van der Waals surface area (Å²) in [5.74, 6) is -1.39. The van der Waals surface area contributed by atoms with Crippen LogP contribution in [0.25, 0.3) is 0 Å². The van der Waals surface area contributed by atoms with Crippen LogP contribution < -0.4 is 4.90 Å². The van der Waals surface area contributed by atoms with Crippen LogP contribution in [0.15, 0.2) is 35.0 Å². The van der Waals surface area contributed by atoms with E-state index in [9.17, 15) is 14.0 Å². The number of carbonyl (C=O) groups excluding carboxylic acids is 2. The molecule has 0 unspecified atom stereocenters. The zero-order valence-electron chi connectivity index (χ0n) is 12.0. The van der Waals surface area contributed by atoms with Gasteiger partial charge in [0.15, 0.2) is 0 Å². The summed E-state index contributed by atoms with van der Waals surface area (Å²) in [6.07, 6.45) is 4.19. The zero-order valence-corrected chi connectivity index (χ0v) is 12.8. The highest BCUT2D eigenvalue weighted by Crippen LogP contribution is 2.32. The summed E-state index contributed by atoms with van der Waals surface area (Å²) in [6, 6.07) is 5.24. The van der Waals surface area contributed by atoms with Crippen LogP contribution in [0.5, 0.6) is 0 Å². The van der Waals surface area contributed by atoms with Crippen LogP contribution in [0.2, 0.25) is 0 Å². The van der Waals surface area contributed by atoms with Crippen molar-refractivity contribution in [2.24, 2.45) is 0 Å². The topological polar surface area (TPSA) is 40.6 Å². The zero-order chi connectivity index (χ0) is 15.7. The molecule has 116 valence electrons. The number of anilines is 1. The summed E-state index contributed by atoms with van der Waals surface area (Å²) in [5, 5.41) is -0.0452. The minimum atomic E-state index is -0.544. The van der Waals surface area contributed by atoms with E-state index >= 15 is 0 Å². The number of imide groups is 1. The molecule has 2 heterocycles. The van der Waals surface area contributed by atoms with E-state index < -0.39 is 17.6 Å². The number of likely N-dealkylation sites (tertiary alicyclic amines) is 1. The average molecular weight is 323 g/mol. The molecule has 2 aliphatic rings. The molecule has 0 N–H and O–H groups in total. The Bertz CT molecular complexity index is 634. The molecule has 1 saturated heterocycles. The molecule has 0 spiro atoms. The highest BCUT2D eigenvalue weighted by Gasteiger charge is 2.41. The number of hydrogen-bond donors (Lipinski definition) is 0. The maximum Gasteiger partial charge on any atom is 0.283 e. The summed E-state index contributed by atoms with van der Waals surface area (Å²) >= 11 is 6.14. The van der Waals surface area contributed by atoms with Crippen LogP contribution in [-0.4, -0.2) is 29.8 Å². The smallest absolute Gasteiger partial charge is 0.283 e. The minimum absolute atomic E-state index is 0.0452. The first-order chi connectivity index (χ1) is 10.6. The van der Waals surface area contributed by atoms with Crippen molar-refractivity contribution in [2.75, 3.05) is 18.0 Å². The minimum Gasteiger partial charge on any atom is -0.366 e. The number of carbonyl (C=O) groups is 2. The number of benzene rings is 1. The highest BCUT2D eigenvalue weighted by molar-refractivity contribution is 6.52. The largest absolute Gasteiger partial charge is 0.366 e. The van der Waals surface area contributed by atoms with Gasteiger partial charge in [-0.2, -0.15) is 0 Å². The van der Waals surface area contributed by atoms with Crippen LogP contribution in [0.1, 0.15) is 25.7 Å². The Balaban J connectivity index is 1.90. The Hall–Kier alpha value is -1.88. The van der Waals surface area contributed by atoms with Crippen LogP contribution >= 0.6 is 11.6 Å². The van der Waals surface area contributed by atoms with E-state index in [1.165, 1.54) is 24.3 Å². The maximum absolute atomic E-state index is 13.0. The third kappa shape index (κ3) is 2.61. The summed E-state index contributed by atoms with van der Waals surface area (Å²) in [4.78, 5) is 27.9. The van der Waals surface area contributed by atoms with Crippen molar-refractivity contribution >= 4 is 29.1 Å². The Morgan fingerprint density at radius 2 is 1.50 bits per heavy atom. The second kappa shape index (κ2) is 6.08. The lowest BCUT2D eigenvalue weighted by Gasteiger charge is -2.23. The molecule has 0 radical (unpaired) electrons. The van der Waals surface area contributed by atoms with Gasteiger partial charge < -0.3 is 4.90 Å². The second-order valence-electron chi connectivity index (χ2n) is 5.49. The summed E-state index contributed by atoms with van der Waals surface area (Å²) in [7, 11) is 0. The molecule has 1 aromatic carbocycles. The van der Waals surface area contributed by atoms with Crippen molar-refractivity contribution in [3.05, 3.63) is 40.8 Å². The molecule has 2 amide bonds. The molecule has 1 aromatic rings. The van der Waals surface area contributed by atoms with Crippen LogP contribution in [-0.2, 0) is 9.59 Å². The van der Waals surface area contributed by atoms with Crippen LogP contribution in [0.3, 0.4) is 0 Å². The summed E-state index contributed by atoms with van der Waals surface area (Å²) in [5.41, 5.74) is 0.609. The van der Waals surface area contributed by atoms with E-state index in [1.807, 2.05) is 4.90 Å². The molecule has 0 saturated carbocycles. The van der Waals surface area contributed by atoms with E-state index in [4.69, 9.17) is 11.6 Å². The van der Waals surface area contributed by atoms with Crippen molar-refractivity contribution < 1.29 is 14.0 Å². The molecule has 0 atom stereocenters. The number of hydrogen-bond acceptors (Lipinski definition) is 3. The quantitative estimate of drug-likeness (QED) is 0.786. The molecule has 22 heavy (non-hydrogen) atoms. The predicted molar refractivity (Wildman–Crippen MR) is 81.8 cm³/mol. The van der Waals surface area contributed by atoms with Crippen molar-refractivity contribution in [1.82, 2.24) is 4.90 Å². The van der Waals surface area contributed by atoms with Crippen LogP contribution in [0, 0.1) is 5.82 Å². The van der Waals surface area contributed by atoms with E-state index in [0.717, 1.165) is 43.7 Å². The Labute approximate surface area is 133 Å². The van der Waals surface area contributed by atoms with Gasteiger partial charge in [-0.25, -0.2) is 9.29 Å². The van der Waals surface area contributed by atoms with E-state index in [2.05, 4.69) is 0 Å². The summed E-state index contributed by atoms with van der Waals surface area (Å²) < 4.78 is 13.0. The Morgan fingerprint density at radius 3 is 2.09 bits per heavy atom. The first-order valence-corrected chi connectivity index (χ1v) is 7.76. The Morgan fingerprint density at radius 1 is 0.909 bits per heavy atom. The highest BCUT2D eigenvalue weighted by atomic mass is 35.5. The normalized spacial score (nSPS) is 19.9. The Kier molecular flexibility index (Phi) is 4.16. The first kappa shape index (κ1) is 15.0. The fraction of sp³-hybridized carbons (Fsp3) is 0.375. The van der Waals surface area contributed by atoms with Crippen molar-refractivity contribution in [2.45, 2.75) is 25.7 Å². The van der Waals surface area contributed by atoms with Gasteiger partial charge >= 0.3 is 0 Å². The number of amides is 2. The van der Waals surface area contributed by atoms with Gasteiger partial charge in [0.05, 0.1) is 5.69 Å². The lowest BCUT2D eigenvalue weighted by Crippen LogP contribution is -2.35. The number of nitrogens with zero attached hydrogens (tertiary/aromatic N) is 2. The molecular weight excluding hydrogens is 307 g/mol. The van der Waals surface area contributed by atoms with Crippen LogP contribution in [0.4, 0.5) is 10.1 Å². The molecule has 0 bridgehead atoms. The fourth-order valence-electron chi connectivity index (χ4n) is 2.88. The standard InChI is InChI=1S/C16H16ClFN2O2/c17-13-14(19-9-3-1-2-4-10-19)16(22)20(15(13)21)12-7-5-11(18)6-8-12/h5-8H,1-4,9-10H2. The van der Waals surface area contributed by atoms with Crippen molar-refractivity contribution in [1.29, 1.82) is 0 Å². The van der Waals surface area contributed by atoms with E-state index in [1.54, 1.807) is 0 Å². The SMILES string of the molecule is O=C1C(Cl)=C(N2CCCCCC2)C(=O)N1c1ccc(F)cc1. The monoisotopic (exact) mass is 322 g/mol. The fourth-order valence-corrected chi connectivity index (χ4v) is 3.17. The van der Waals surface area contributed by atoms with Crippen molar-refractivity contribution in [3.8, 4) is 0 Å². The molecular formula is C16H16ClFN2O2. The van der Waals surface area contributed by atoms with E-state index in [-0.39, 0.29) is 10.7 Å². The maximum atomic E-state index is 13.0. The first-order valence-electron chi connectivity index (χ1n) is 7.38. The van der Waals surface area contributed by atoms with E-state index in [0.29, 0.717) is 5.69 Å². The van der Waals surface area contributed by atoms with Gasteiger partial charge in [-0.1, -0.05) is 24.4 Å². The summed E-state index contributed by atoms with van der Waals surface area (Å²) in [6.45, 7) is 1.45. The van der Waals surface area contributed by atoms with Gasteiger partial charge in [0.2, 0.25) is 0 Å². The van der Waals surface area contributed by atoms with Gasteiger partial charge in [0.1, 0.15) is 16.5 Å². The molecule has 6 heteroatoms. The second-order valence-corrected chi connectivity index (χ2v) is 5.86. The third-order valence-corrected chi connectivity index (χ3v) is 4.35. The lowest BCUT2D eigenvalue weighted by molar-refractivity contribution is -0.121. The third-order valence-electron chi connectivity index (χ3n) is 4.01. The molecule has 3 rings (SSSR count). The van der Waals surface area contributed by atoms with Gasteiger partial charge in [-0.05, 0) is 37.1 Å². The molecule has 4 nitrogen and oxygen atoms in total. The van der Waals surface area contributed by atoms with Gasteiger partial charge in [-0.3, -0.25) is 9.59 Å².